The molecular weight excluding hydrogens is 514 g/mol. The average Bonchev–Trinajstić information content (AvgIpc) is 3.48. The lowest BCUT2D eigenvalue weighted by Gasteiger charge is -2.24. The highest BCUT2D eigenvalue weighted by atomic mass is 16.5. The topological polar surface area (TPSA) is 108 Å². The van der Waals surface area contributed by atoms with Crippen molar-refractivity contribution in [3.63, 3.8) is 0 Å². The molecule has 3 aromatic carbocycles. The smallest absolute Gasteiger partial charge is 0.248 e. The molecule has 3 N–H and O–H groups in total. The fourth-order valence-corrected chi connectivity index (χ4v) is 5.24. The first-order chi connectivity index (χ1) is 19.4. The van der Waals surface area contributed by atoms with E-state index < -0.39 is 17.6 Å². The third-order valence-electron chi connectivity index (χ3n) is 7.03. The van der Waals surface area contributed by atoms with E-state index in [1.54, 1.807) is 16.8 Å². The summed E-state index contributed by atoms with van der Waals surface area (Å²) in [7, 11) is 0. The van der Waals surface area contributed by atoms with Crippen LogP contribution in [0.15, 0.2) is 72.9 Å². The van der Waals surface area contributed by atoms with Gasteiger partial charge in [0.1, 0.15) is 17.0 Å². The van der Waals surface area contributed by atoms with Crippen molar-refractivity contribution in [2.45, 2.75) is 65.7 Å². The molecule has 2 aromatic heterocycles. The number of benzene rings is 3. The summed E-state index contributed by atoms with van der Waals surface area (Å²) in [6.45, 7) is 12.6. The monoisotopic (exact) mass is 551 g/mol. The van der Waals surface area contributed by atoms with Crippen LogP contribution in [0.2, 0.25) is 0 Å². The molecule has 0 radical (unpaired) electrons. The first kappa shape index (κ1) is 28.1. The maximum absolute atomic E-state index is 12.0. The van der Waals surface area contributed by atoms with Crippen molar-refractivity contribution >= 4 is 16.8 Å². The third-order valence-corrected chi connectivity index (χ3v) is 7.03. The zero-order chi connectivity index (χ0) is 29.5. The van der Waals surface area contributed by atoms with Gasteiger partial charge in [-0.3, -0.25) is 9.48 Å². The van der Waals surface area contributed by atoms with E-state index in [2.05, 4.69) is 26.8 Å². The van der Waals surface area contributed by atoms with Crippen molar-refractivity contribution in [3.8, 4) is 22.7 Å². The number of aliphatic hydroxyl groups is 1. The summed E-state index contributed by atoms with van der Waals surface area (Å²) < 4.78 is 9.97. The maximum Gasteiger partial charge on any atom is 0.248 e. The molecule has 0 aliphatic carbocycles. The van der Waals surface area contributed by atoms with E-state index in [0.717, 1.165) is 44.7 Å². The Morgan fingerprint density at radius 3 is 2.41 bits per heavy atom. The standard InChI is InChI=1S/C33H37N5O3/c1-20(2)30-21(3)38(27-16-15-23(32(34)40)17-29(27)41-33(4,5)6)36-31(30)24-13-10-14-26-25(24)18-37(35-26)19-28(39)22-11-8-7-9-12-22/h7-18,20,28,39H,19H2,1-6H3,(H2,34,40). The van der Waals surface area contributed by atoms with Gasteiger partial charge in [0, 0.05) is 34.0 Å². The summed E-state index contributed by atoms with van der Waals surface area (Å²) in [4.78, 5) is 12.0. The maximum atomic E-state index is 12.0. The Morgan fingerprint density at radius 2 is 1.76 bits per heavy atom. The molecule has 5 aromatic rings. The quantitative estimate of drug-likeness (QED) is 0.234. The van der Waals surface area contributed by atoms with E-state index in [1.807, 2.05) is 80.2 Å². The van der Waals surface area contributed by atoms with E-state index in [4.69, 9.17) is 20.7 Å². The summed E-state index contributed by atoms with van der Waals surface area (Å²) in [5.74, 6) is 0.195. The number of aliphatic hydroxyl groups excluding tert-OH is 1. The lowest BCUT2D eigenvalue weighted by Crippen LogP contribution is -2.24. The zero-order valence-corrected chi connectivity index (χ0v) is 24.4. The summed E-state index contributed by atoms with van der Waals surface area (Å²) >= 11 is 0. The minimum Gasteiger partial charge on any atom is -0.486 e. The fraction of sp³-hybridized carbons (Fsp3) is 0.303. The highest BCUT2D eigenvalue weighted by Crippen LogP contribution is 2.38. The SMILES string of the molecule is Cc1c(C(C)C)c(-c2cccc3nn(CC(O)c4ccccc4)cc23)nn1-c1ccc(C(N)=O)cc1OC(C)(C)C. The lowest BCUT2D eigenvalue weighted by molar-refractivity contribution is 0.0996. The average molecular weight is 552 g/mol. The predicted molar refractivity (Wildman–Crippen MR) is 161 cm³/mol. The van der Waals surface area contributed by atoms with Crippen molar-refractivity contribution in [1.29, 1.82) is 0 Å². The number of carbonyl (C=O) groups excluding carboxylic acids is 1. The first-order valence-electron chi connectivity index (χ1n) is 13.8. The van der Waals surface area contributed by atoms with Crippen LogP contribution in [0.5, 0.6) is 5.75 Å². The Kier molecular flexibility index (Phi) is 7.44. The number of ether oxygens (including phenoxy) is 1. The first-order valence-corrected chi connectivity index (χ1v) is 13.8. The number of rotatable bonds is 8. The molecule has 0 spiro atoms. The van der Waals surface area contributed by atoms with Gasteiger partial charge in [0.25, 0.3) is 0 Å². The van der Waals surface area contributed by atoms with E-state index in [0.29, 0.717) is 17.9 Å². The van der Waals surface area contributed by atoms with Gasteiger partial charge in [0.05, 0.1) is 23.9 Å². The Bertz CT molecular complexity index is 1710. The molecule has 8 heteroatoms. The van der Waals surface area contributed by atoms with Crippen molar-refractivity contribution < 1.29 is 14.6 Å². The summed E-state index contributed by atoms with van der Waals surface area (Å²) in [6.07, 6.45) is 1.30. The number of carbonyl (C=O) groups is 1. The summed E-state index contributed by atoms with van der Waals surface area (Å²) in [5.41, 5.74) is 11.8. The predicted octanol–water partition coefficient (Wildman–Crippen LogP) is 6.33. The number of aromatic nitrogens is 4. The van der Waals surface area contributed by atoms with Crippen LogP contribution < -0.4 is 10.5 Å². The minimum atomic E-state index is -0.675. The van der Waals surface area contributed by atoms with Gasteiger partial charge in [0.2, 0.25) is 5.91 Å². The molecule has 2 heterocycles. The van der Waals surface area contributed by atoms with Crippen LogP contribution in [0, 0.1) is 6.92 Å². The van der Waals surface area contributed by atoms with Gasteiger partial charge < -0.3 is 15.6 Å². The molecule has 8 nitrogen and oxygen atoms in total. The molecule has 41 heavy (non-hydrogen) atoms. The van der Waals surface area contributed by atoms with Crippen molar-refractivity contribution in [1.82, 2.24) is 19.6 Å². The van der Waals surface area contributed by atoms with Gasteiger partial charge in [0.15, 0.2) is 0 Å². The lowest BCUT2D eigenvalue weighted by atomic mass is 9.95. The third kappa shape index (κ3) is 5.74. The second kappa shape index (κ2) is 10.9. The second-order valence-corrected chi connectivity index (χ2v) is 11.7. The Hall–Kier alpha value is -4.43. The van der Waals surface area contributed by atoms with Crippen LogP contribution in [0.4, 0.5) is 0 Å². The van der Waals surface area contributed by atoms with Gasteiger partial charge >= 0.3 is 0 Å². The van der Waals surface area contributed by atoms with Crippen molar-refractivity contribution in [2.24, 2.45) is 5.73 Å². The summed E-state index contributed by atoms with van der Waals surface area (Å²) in [6, 6.07) is 20.8. The van der Waals surface area contributed by atoms with Crippen LogP contribution in [0.3, 0.4) is 0 Å². The number of amides is 1. The molecule has 0 aliphatic heterocycles. The number of primary amides is 1. The zero-order valence-electron chi connectivity index (χ0n) is 24.4. The molecule has 1 atom stereocenters. The molecule has 5 rings (SSSR count). The number of nitrogens with two attached hydrogens (primary N) is 1. The van der Waals surface area contributed by atoms with Crippen LogP contribution in [-0.2, 0) is 6.54 Å². The van der Waals surface area contributed by atoms with Crippen LogP contribution in [0.1, 0.15) is 73.8 Å². The van der Waals surface area contributed by atoms with Gasteiger partial charge in [-0.25, -0.2) is 4.68 Å². The van der Waals surface area contributed by atoms with E-state index >= 15 is 0 Å². The highest BCUT2D eigenvalue weighted by Gasteiger charge is 2.25. The fourth-order valence-electron chi connectivity index (χ4n) is 5.24. The Morgan fingerprint density at radius 1 is 1.02 bits per heavy atom. The Labute approximate surface area is 240 Å². The van der Waals surface area contributed by atoms with Crippen LogP contribution in [-0.4, -0.2) is 36.2 Å². The largest absolute Gasteiger partial charge is 0.486 e. The molecule has 0 aliphatic rings. The van der Waals surface area contributed by atoms with Gasteiger partial charge in [-0.2, -0.15) is 10.2 Å². The van der Waals surface area contributed by atoms with Crippen molar-refractivity contribution in [3.05, 3.63) is 95.3 Å². The molecular formula is C33H37N5O3. The van der Waals surface area contributed by atoms with Gasteiger partial charge in [-0.05, 0) is 63.4 Å². The van der Waals surface area contributed by atoms with Crippen molar-refractivity contribution in [2.75, 3.05) is 0 Å². The number of hydrogen-bond donors (Lipinski definition) is 2. The van der Waals surface area contributed by atoms with E-state index in [9.17, 15) is 9.90 Å². The molecule has 1 unspecified atom stereocenters. The second-order valence-electron chi connectivity index (χ2n) is 11.7. The Balaban J connectivity index is 1.63. The minimum absolute atomic E-state index is 0.181. The normalized spacial score (nSPS) is 12.7. The molecule has 1 amide bonds. The van der Waals surface area contributed by atoms with E-state index in [-0.39, 0.29) is 5.92 Å². The van der Waals surface area contributed by atoms with E-state index in [1.165, 1.54) is 0 Å². The number of nitrogens with zero attached hydrogens (tertiary/aromatic N) is 4. The molecule has 0 bridgehead atoms. The molecule has 212 valence electrons. The highest BCUT2D eigenvalue weighted by molar-refractivity contribution is 5.95. The molecule has 0 saturated heterocycles. The molecule has 0 fully saturated rings. The molecule has 0 saturated carbocycles. The number of fused-ring (bicyclic) bond motifs is 1. The van der Waals surface area contributed by atoms with Crippen LogP contribution >= 0.6 is 0 Å². The number of hydrogen-bond acceptors (Lipinski definition) is 5. The van der Waals surface area contributed by atoms with Crippen LogP contribution in [0.25, 0.3) is 27.8 Å². The van der Waals surface area contributed by atoms with Gasteiger partial charge in [-0.15, -0.1) is 0 Å². The summed E-state index contributed by atoms with van der Waals surface area (Å²) in [5, 5.41) is 21.7. The van der Waals surface area contributed by atoms with Gasteiger partial charge in [-0.1, -0.05) is 56.3 Å².